The summed E-state index contributed by atoms with van der Waals surface area (Å²) >= 11 is 0. The Bertz CT molecular complexity index is 908. The number of hydrogen-bond donors (Lipinski definition) is 0. The molecule has 1 aliphatic rings. The van der Waals surface area contributed by atoms with Gasteiger partial charge >= 0.3 is 5.97 Å². The number of carbonyl (C=O) groups excluding carboxylic acids is 1. The molecule has 144 valence electrons. The Morgan fingerprint density at radius 2 is 1.85 bits per heavy atom. The molecule has 1 atom stereocenters. The van der Waals surface area contributed by atoms with Crippen LogP contribution in [0.25, 0.3) is 0 Å². The first kappa shape index (κ1) is 19.4. The summed E-state index contributed by atoms with van der Waals surface area (Å²) in [5, 5.41) is 0. The van der Waals surface area contributed by atoms with Gasteiger partial charge in [-0.15, -0.1) is 0 Å². The number of fused-ring (bicyclic) bond motifs is 1. The number of carbonyl (C=O) groups is 1. The molecule has 1 aliphatic heterocycles. The lowest BCUT2D eigenvalue weighted by atomic mass is 9.92. The van der Waals surface area contributed by atoms with Gasteiger partial charge in [-0.1, -0.05) is 24.3 Å². The number of esters is 1. The van der Waals surface area contributed by atoms with Gasteiger partial charge in [-0.2, -0.15) is 4.31 Å². The Labute approximate surface area is 159 Å². The van der Waals surface area contributed by atoms with Gasteiger partial charge in [0, 0.05) is 6.54 Å². The fourth-order valence-electron chi connectivity index (χ4n) is 3.39. The Hall–Kier alpha value is -2.38. The van der Waals surface area contributed by atoms with E-state index in [9.17, 15) is 13.2 Å². The van der Waals surface area contributed by atoms with Crippen LogP contribution in [0.1, 0.15) is 30.5 Å². The van der Waals surface area contributed by atoms with Crippen molar-refractivity contribution >= 4 is 16.0 Å². The summed E-state index contributed by atoms with van der Waals surface area (Å²) in [6, 6.07) is 13.3. The van der Waals surface area contributed by atoms with Crippen LogP contribution < -0.4 is 4.74 Å². The van der Waals surface area contributed by atoms with E-state index in [1.807, 2.05) is 24.3 Å². The highest BCUT2D eigenvalue weighted by atomic mass is 32.2. The average Bonchev–Trinajstić information content (AvgIpc) is 2.68. The first-order valence-electron chi connectivity index (χ1n) is 8.86. The van der Waals surface area contributed by atoms with Gasteiger partial charge in [0.25, 0.3) is 0 Å². The normalized spacial score (nSPS) is 17.2. The summed E-state index contributed by atoms with van der Waals surface area (Å²) < 4.78 is 38.2. The summed E-state index contributed by atoms with van der Waals surface area (Å²) in [6.07, 6.45) is 0.588. The molecular weight excluding hydrogens is 366 g/mol. The van der Waals surface area contributed by atoms with Crippen LogP contribution in [-0.4, -0.2) is 39.0 Å². The third kappa shape index (κ3) is 3.99. The van der Waals surface area contributed by atoms with Crippen LogP contribution in [0.5, 0.6) is 5.75 Å². The molecule has 0 aliphatic carbocycles. The highest BCUT2D eigenvalue weighted by molar-refractivity contribution is 7.89. The molecule has 0 saturated heterocycles. The second-order valence-corrected chi connectivity index (χ2v) is 8.16. The van der Waals surface area contributed by atoms with Gasteiger partial charge in [0.05, 0.1) is 31.1 Å². The summed E-state index contributed by atoms with van der Waals surface area (Å²) in [7, 11) is -2.24. The van der Waals surface area contributed by atoms with Crippen LogP contribution >= 0.6 is 0 Å². The minimum Gasteiger partial charge on any atom is -0.497 e. The number of sulfonamides is 1. The molecule has 6 nitrogen and oxygen atoms in total. The standard InChI is InChI=1S/C20H23NO5S/c1-3-26-20(22)14-19-18-7-5-4-6-15(18)12-13-21(19)27(23,24)17-10-8-16(25-2)9-11-17/h4-11,19H,3,12-14H2,1-2H3. The van der Waals surface area contributed by atoms with Crippen LogP contribution in [0.4, 0.5) is 0 Å². The van der Waals surface area contributed by atoms with E-state index in [-0.39, 0.29) is 17.9 Å². The maximum Gasteiger partial charge on any atom is 0.307 e. The Morgan fingerprint density at radius 1 is 1.15 bits per heavy atom. The lowest BCUT2D eigenvalue weighted by molar-refractivity contribution is -0.144. The molecule has 2 aromatic rings. The van der Waals surface area contributed by atoms with Crippen molar-refractivity contribution in [3.05, 3.63) is 59.7 Å². The number of benzene rings is 2. The summed E-state index contributed by atoms with van der Waals surface area (Å²) in [4.78, 5) is 12.3. The van der Waals surface area contributed by atoms with Crippen molar-refractivity contribution in [2.45, 2.75) is 30.7 Å². The molecule has 1 heterocycles. The molecule has 2 aromatic carbocycles. The van der Waals surface area contributed by atoms with E-state index in [2.05, 4.69) is 0 Å². The zero-order valence-electron chi connectivity index (χ0n) is 15.4. The number of hydrogen-bond acceptors (Lipinski definition) is 5. The molecule has 0 bridgehead atoms. The largest absolute Gasteiger partial charge is 0.497 e. The number of methoxy groups -OCH3 is 1. The van der Waals surface area contributed by atoms with E-state index < -0.39 is 22.0 Å². The first-order chi connectivity index (χ1) is 13.0. The smallest absolute Gasteiger partial charge is 0.307 e. The van der Waals surface area contributed by atoms with Crippen molar-refractivity contribution < 1.29 is 22.7 Å². The predicted molar refractivity (Wildman–Crippen MR) is 101 cm³/mol. The predicted octanol–water partition coefficient (Wildman–Crippen LogP) is 2.94. The number of ether oxygens (including phenoxy) is 2. The Morgan fingerprint density at radius 3 is 2.52 bits per heavy atom. The topological polar surface area (TPSA) is 72.9 Å². The minimum absolute atomic E-state index is 0.0137. The van der Waals surface area contributed by atoms with Crippen molar-refractivity contribution in [2.24, 2.45) is 0 Å². The van der Waals surface area contributed by atoms with E-state index >= 15 is 0 Å². The summed E-state index contributed by atoms with van der Waals surface area (Å²) in [6.45, 7) is 2.31. The van der Waals surface area contributed by atoms with Crippen LogP contribution in [0.3, 0.4) is 0 Å². The summed E-state index contributed by atoms with van der Waals surface area (Å²) in [5.74, 6) is 0.176. The molecule has 1 unspecified atom stereocenters. The lowest BCUT2D eigenvalue weighted by Crippen LogP contribution is -2.41. The van der Waals surface area contributed by atoms with Gasteiger partial charge in [-0.25, -0.2) is 8.42 Å². The van der Waals surface area contributed by atoms with Crippen molar-refractivity contribution in [3.8, 4) is 5.75 Å². The zero-order valence-corrected chi connectivity index (χ0v) is 16.2. The van der Waals surface area contributed by atoms with Crippen LogP contribution in [0, 0.1) is 0 Å². The fourth-order valence-corrected chi connectivity index (χ4v) is 4.99. The quantitative estimate of drug-likeness (QED) is 0.710. The molecule has 0 saturated carbocycles. The second kappa shape index (κ2) is 8.10. The molecule has 3 rings (SSSR count). The van der Waals surface area contributed by atoms with E-state index in [0.717, 1.165) is 11.1 Å². The molecule has 0 aromatic heterocycles. The van der Waals surface area contributed by atoms with Crippen molar-refractivity contribution in [3.63, 3.8) is 0 Å². The monoisotopic (exact) mass is 389 g/mol. The highest BCUT2D eigenvalue weighted by Crippen LogP contribution is 2.36. The first-order valence-corrected chi connectivity index (χ1v) is 10.3. The van der Waals surface area contributed by atoms with Gasteiger partial charge in [-0.05, 0) is 48.7 Å². The van der Waals surface area contributed by atoms with Gasteiger partial charge in [-0.3, -0.25) is 4.79 Å². The third-order valence-corrected chi connectivity index (χ3v) is 6.62. The fraction of sp³-hybridized carbons (Fsp3) is 0.350. The third-order valence-electron chi connectivity index (χ3n) is 4.69. The Kier molecular flexibility index (Phi) is 5.82. The maximum absolute atomic E-state index is 13.3. The second-order valence-electron chi connectivity index (χ2n) is 6.27. The molecule has 0 amide bonds. The number of rotatable bonds is 6. The van der Waals surface area contributed by atoms with Crippen LogP contribution in [0.15, 0.2) is 53.4 Å². The molecule has 0 spiro atoms. The van der Waals surface area contributed by atoms with Crippen molar-refractivity contribution in [1.82, 2.24) is 4.31 Å². The van der Waals surface area contributed by atoms with E-state index in [0.29, 0.717) is 18.7 Å². The molecular formula is C20H23NO5S. The Balaban J connectivity index is 1.99. The minimum atomic E-state index is -3.77. The molecule has 0 fully saturated rings. The van der Waals surface area contributed by atoms with Crippen LogP contribution in [-0.2, 0) is 26.0 Å². The van der Waals surface area contributed by atoms with E-state index in [1.54, 1.807) is 19.1 Å². The molecule has 0 radical (unpaired) electrons. The molecule has 7 heteroatoms. The average molecular weight is 389 g/mol. The molecule has 0 N–H and O–H groups in total. The lowest BCUT2D eigenvalue weighted by Gasteiger charge is -2.36. The van der Waals surface area contributed by atoms with Crippen molar-refractivity contribution in [1.29, 1.82) is 0 Å². The van der Waals surface area contributed by atoms with E-state index in [4.69, 9.17) is 9.47 Å². The van der Waals surface area contributed by atoms with Crippen LogP contribution in [0.2, 0.25) is 0 Å². The van der Waals surface area contributed by atoms with Gasteiger partial charge < -0.3 is 9.47 Å². The van der Waals surface area contributed by atoms with E-state index in [1.165, 1.54) is 23.5 Å². The van der Waals surface area contributed by atoms with Gasteiger partial charge in [0.15, 0.2) is 0 Å². The van der Waals surface area contributed by atoms with Gasteiger partial charge in [0.2, 0.25) is 10.0 Å². The van der Waals surface area contributed by atoms with Gasteiger partial charge in [0.1, 0.15) is 5.75 Å². The zero-order chi connectivity index (χ0) is 19.4. The highest BCUT2D eigenvalue weighted by Gasteiger charge is 2.37. The summed E-state index contributed by atoms with van der Waals surface area (Å²) in [5.41, 5.74) is 1.92. The molecule has 27 heavy (non-hydrogen) atoms. The maximum atomic E-state index is 13.3. The van der Waals surface area contributed by atoms with Crippen molar-refractivity contribution in [2.75, 3.05) is 20.3 Å². The SMILES string of the molecule is CCOC(=O)CC1c2ccccc2CCN1S(=O)(=O)c1ccc(OC)cc1. The number of nitrogens with zero attached hydrogens (tertiary/aromatic N) is 1.